The highest BCUT2D eigenvalue weighted by Crippen LogP contribution is 2.53. The summed E-state index contributed by atoms with van der Waals surface area (Å²) in [5, 5.41) is 0.340. The minimum absolute atomic E-state index is 0.139. The first-order valence-corrected chi connectivity index (χ1v) is 9.17. The first kappa shape index (κ1) is 16.8. The molecule has 1 fully saturated rings. The van der Waals surface area contributed by atoms with Crippen LogP contribution in [-0.2, 0) is 15.0 Å². The first-order chi connectivity index (χ1) is 12.9. The van der Waals surface area contributed by atoms with Crippen LogP contribution in [0.1, 0.15) is 18.9 Å². The Morgan fingerprint density at radius 2 is 2.07 bits per heavy atom. The molecule has 0 aliphatic carbocycles. The number of halogens is 2. The summed E-state index contributed by atoms with van der Waals surface area (Å²) in [6, 6.07) is 10.3. The molecule has 7 heteroatoms. The van der Waals surface area contributed by atoms with Gasteiger partial charge in [-0.05, 0) is 48.4 Å². The van der Waals surface area contributed by atoms with Gasteiger partial charge in [-0.1, -0.05) is 17.7 Å². The van der Waals surface area contributed by atoms with Gasteiger partial charge in [0.05, 0.1) is 6.61 Å². The van der Waals surface area contributed by atoms with E-state index in [2.05, 4.69) is 4.99 Å². The van der Waals surface area contributed by atoms with Crippen LogP contribution in [0, 0.1) is 5.82 Å². The van der Waals surface area contributed by atoms with E-state index in [0.717, 1.165) is 17.5 Å². The second kappa shape index (κ2) is 5.59. The number of ether oxygens (including phenoxy) is 3. The van der Waals surface area contributed by atoms with Crippen molar-refractivity contribution < 1.29 is 18.6 Å². The van der Waals surface area contributed by atoms with Gasteiger partial charge in [0.1, 0.15) is 29.9 Å². The van der Waals surface area contributed by atoms with Gasteiger partial charge in [0.15, 0.2) is 5.54 Å². The molecule has 1 saturated heterocycles. The van der Waals surface area contributed by atoms with E-state index in [1.54, 1.807) is 6.07 Å². The lowest BCUT2D eigenvalue weighted by atomic mass is 9.74. The molecule has 27 heavy (non-hydrogen) atoms. The summed E-state index contributed by atoms with van der Waals surface area (Å²) >= 11 is 6.03. The average Bonchev–Trinajstić information content (AvgIpc) is 3.18. The minimum atomic E-state index is -0.782. The van der Waals surface area contributed by atoms with Gasteiger partial charge >= 0.3 is 0 Å². The highest BCUT2D eigenvalue weighted by molar-refractivity contribution is 6.30. The fourth-order valence-corrected chi connectivity index (χ4v) is 4.62. The topological polar surface area (TPSA) is 66.1 Å². The van der Waals surface area contributed by atoms with Crippen molar-refractivity contribution in [3.63, 3.8) is 0 Å². The second-order valence-corrected chi connectivity index (χ2v) is 7.88. The molecule has 3 aliphatic heterocycles. The Bertz CT molecular complexity index is 961. The lowest BCUT2D eigenvalue weighted by Gasteiger charge is -2.45. The molecule has 1 spiro atoms. The number of fused-ring (bicyclic) bond motifs is 4. The molecule has 1 unspecified atom stereocenters. The van der Waals surface area contributed by atoms with Crippen LogP contribution < -0.4 is 10.5 Å². The predicted molar refractivity (Wildman–Crippen MR) is 99.5 cm³/mol. The predicted octanol–water partition coefficient (Wildman–Crippen LogP) is 3.63. The molecule has 0 amide bonds. The van der Waals surface area contributed by atoms with Crippen molar-refractivity contribution in [3.8, 4) is 16.9 Å². The summed E-state index contributed by atoms with van der Waals surface area (Å²) in [5.74, 6) is 0.326. The van der Waals surface area contributed by atoms with E-state index in [-0.39, 0.29) is 24.5 Å². The standard InChI is InChI=1S/C20H18ClFN2O3/c1-19-4-5-25-17(19)20(10-26-18(23)24-20)15-8-11(2-3-16(15)27-19)12-6-13(21)9-14(22)7-12/h2-3,6-9,17H,4-5,10H2,1H3,(H2,23,24)/t17-,19+,20?/m0/s1. The molecule has 5 nitrogen and oxygen atoms in total. The Morgan fingerprint density at radius 3 is 2.81 bits per heavy atom. The molecule has 3 atom stereocenters. The molecule has 0 bridgehead atoms. The number of nitrogens with zero attached hydrogens (tertiary/aromatic N) is 1. The van der Waals surface area contributed by atoms with Crippen molar-refractivity contribution in [2.75, 3.05) is 13.2 Å². The van der Waals surface area contributed by atoms with Crippen LogP contribution in [0.15, 0.2) is 41.4 Å². The van der Waals surface area contributed by atoms with E-state index >= 15 is 0 Å². The minimum Gasteiger partial charge on any atom is -0.484 e. The Balaban J connectivity index is 1.70. The SMILES string of the molecule is C[C@@]12CCO[C@@H]1C1(COC(N)=N1)c1cc(-c3cc(F)cc(Cl)c3)ccc1O2. The highest BCUT2D eigenvalue weighted by atomic mass is 35.5. The van der Waals surface area contributed by atoms with Gasteiger partial charge in [0, 0.05) is 17.0 Å². The summed E-state index contributed by atoms with van der Waals surface area (Å²) in [7, 11) is 0. The first-order valence-electron chi connectivity index (χ1n) is 8.79. The fraction of sp³-hybridized carbons (Fsp3) is 0.350. The number of nitrogens with two attached hydrogens (primary N) is 1. The molecule has 0 aromatic heterocycles. The third-order valence-corrected chi connectivity index (χ3v) is 5.82. The molecule has 5 rings (SSSR count). The smallest absolute Gasteiger partial charge is 0.283 e. The van der Waals surface area contributed by atoms with Crippen LogP contribution in [0.5, 0.6) is 5.75 Å². The molecule has 3 heterocycles. The molecule has 0 radical (unpaired) electrons. The number of amidine groups is 1. The normalized spacial score (nSPS) is 31.1. The van der Waals surface area contributed by atoms with Gasteiger partial charge in [0.25, 0.3) is 6.02 Å². The number of rotatable bonds is 1. The van der Waals surface area contributed by atoms with Crippen LogP contribution in [0.25, 0.3) is 11.1 Å². The van der Waals surface area contributed by atoms with Gasteiger partial charge in [-0.25, -0.2) is 9.38 Å². The monoisotopic (exact) mass is 388 g/mol. The third-order valence-electron chi connectivity index (χ3n) is 5.61. The molecule has 140 valence electrons. The largest absolute Gasteiger partial charge is 0.484 e. The maximum Gasteiger partial charge on any atom is 0.283 e. The van der Waals surface area contributed by atoms with Gasteiger partial charge in [0.2, 0.25) is 0 Å². The molecule has 2 N–H and O–H groups in total. The average molecular weight is 389 g/mol. The Labute approximate surface area is 160 Å². The molecule has 2 aromatic rings. The van der Waals surface area contributed by atoms with Crippen LogP contribution in [0.4, 0.5) is 4.39 Å². The van der Waals surface area contributed by atoms with Crippen molar-refractivity contribution in [2.45, 2.75) is 30.6 Å². The molecular formula is C20H18ClFN2O3. The summed E-state index contributed by atoms with van der Waals surface area (Å²) in [6.45, 7) is 2.89. The van der Waals surface area contributed by atoms with Crippen molar-refractivity contribution >= 4 is 17.6 Å². The maximum absolute atomic E-state index is 13.8. The van der Waals surface area contributed by atoms with E-state index < -0.39 is 11.1 Å². The Morgan fingerprint density at radius 1 is 1.22 bits per heavy atom. The van der Waals surface area contributed by atoms with E-state index in [1.165, 1.54) is 12.1 Å². The number of hydrogen-bond donors (Lipinski definition) is 1. The summed E-state index contributed by atoms with van der Waals surface area (Å²) in [5.41, 5.74) is 6.89. The van der Waals surface area contributed by atoms with Gasteiger partial charge in [-0.3, -0.25) is 0 Å². The Hall–Kier alpha value is -2.31. The zero-order valence-electron chi connectivity index (χ0n) is 14.7. The van der Waals surface area contributed by atoms with Crippen molar-refractivity contribution in [3.05, 3.63) is 52.8 Å². The molecule has 3 aliphatic rings. The summed E-state index contributed by atoms with van der Waals surface area (Å²) < 4.78 is 31.7. The molecular weight excluding hydrogens is 371 g/mol. The summed E-state index contributed by atoms with van der Waals surface area (Å²) in [6.07, 6.45) is 0.445. The van der Waals surface area contributed by atoms with Gasteiger partial charge < -0.3 is 19.9 Å². The van der Waals surface area contributed by atoms with E-state index in [0.29, 0.717) is 22.9 Å². The maximum atomic E-state index is 13.8. The number of benzene rings is 2. The van der Waals surface area contributed by atoms with Gasteiger partial charge in [-0.2, -0.15) is 0 Å². The Kier molecular flexibility index (Phi) is 3.49. The van der Waals surface area contributed by atoms with Gasteiger partial charge in [-0.15, -0.1) is 0 Å². The second-order valence-electron chi connectivity index (χ2n) is 7.45. The number of aliphatic imine (C=N–C) groups is 1. The zero-order valence-corrected chi connectivity index (χ0v) is 15.4. The van der Waals surface area contributed by atoms with Crippen LogP contribution >= 0.6 is 11.6 Å². The van der Waals surface area contributed by atoms with Crippen LogP contribution in [-0.4, -0.2) is 30.9 Å². The van der Waals surface area contributed by atoms with Crippen molar-refractivity contribution in [1.29, 1.82) is 0 Å². The summed E-state index contributed by atoms with van der Waals surface area (Å²) in [4.78, 5) is 4.65. The van der Waals surface area contributed by atoms with Crippen LogP contribution in [0.3, 0.4) is 0 Å². The lowest BCUT2D eigenvalue weighted by Crippen LogP contribution is -2.57. The van der Waals surface area contributed by atoms with Crippen LogP contribution in [0.2, 0.25) is 5.02 Å². The number of hydrogen-bond acceptors (Lipinski definition) is 5. The van der Waals surface area contributed by atoms with E-state index in [1.807, 2.05) is 25.1 Å². The molecule has 2 aromatic carbocycles. The van der Waals surface area contributed by atoms with E-state index in [4.69, 9.17) is 31.5 Å². The highest BCUT2D eigenvalue weighted by Gasteiger charge is 2.62. The molecule has 0 saturated carbocycles. The van der Waals surface area contributed by atoms with Crippen molar-refractivity contribution in [1.82, 2.24) is 0 Å². The third kappa shape index (κ3) is 2.43. The van der Waals surface area contributed by atoms with E-state index in [9.17, 15) is 4.39 Å². The quantitative estimate of drug-likeness (QED) is 0.810. The van der Waals surface area contributed by atoms with Crippen molar-refractivity contribution in [2.24, 2.45) is 10.7 Å². The fourth-order valence-electron chi connectivity index (χ4n) is 4.40. The zero-order chi connectivity index (χ0) is 18.8. The lowest BCUT2D eigenvalue weighted by molar-refractivity contribution is -0.0755.